The summed E-state index contributed by atoms with van der Waals surface area (Å²) in [6.07, 6.45) is 2.33. The van der Waals surface area contributed by atoms with Crippen molar-refractivity contribution in [2.75, 3.05) is 12.8 Å². The summed E-state index contributed by atoms with van der Waals surface area (Å²) in [4.78, 5) is 7.85. The summed E-state index contributed by atoms with van der Waals surface area (Å²) in [5, 5.41) is 0. The highest BCUT2D eigenvalue weighted by Crippen LogP contribution is 2.32. The first-order chi connectivity index (χ1) is 8.74. The van der Waals surface area contributed by atoms with Gasteiger partial charge < -0.3 is 15.2 Å². The highest BCUT2D eigenvalue weighted by molar-refractivity contribution is 5.52. The molecule has 0 atom stereocenters. The van der Waals surface area contributed by atoms with E-state index >= 15 is 0 Å². The number of aromatic nitrogens is 2. The number of aryl methyl sites for hydroxylation is 1. The molecule has 0 saturated carbocycles. The molecule has 0 aliphatic carbocycles. The summed E-state index contributed by atoms with van der Waals surface area (Å²) in [5.74, 6) is 1.60. The van der Waals surface area contributed by atoms with E-state index in [0.717, 1.165) is 6.42 Å². The molecule has 0 radical (unpaired) electrons. The van der Waals surface area contributed by atoms with Gasteiger partial charge >= 0.3 is 0 Å². The lowest BCUT2D eigenvalue weighted by Crippen LogP contribution is -2.00. The maximum Gasteiger partial charge on any atom is 0.268 e. The van der Waals surface area contributed by atoms with Gasteiger partial charge in [-0.25, -0.2) is 4.98 Å². The second kappa shape index (κ2) is 5.35. The van der Waals surface area contributed by atoms with Gasteiger partial charge in [-0.05, 0) is 24.1 Å². The SMILES string of the molecule is CCc1ccc(Oc2ncnc(N)c2OC)cc1. The number of rotatable bonds is 4. The van der Waals surface area contributed by atoms with E-state index in [0.29, 0.717) is 17.4 Å². The van der Waals surface area contributed by atoms with E-state index in [1.54, 1.807) is 0 Å². The first-order valence-electron chi connectivity index (χ1n) is 5.65. The van der Waals surface area contributed by atoms with Gasteiger partial charge in [0.15, 0.2) is 5.82 Å². The van der Waals surface area contributed by atoms with Crippen LogP contribution in [0.5, 0.6) is 17.4 Å². The fourth-order valence-corrected chi connectivity index (χ4v) is 1.54. The summed E-state index contributed by atoms with van der Waals surface area (Å²) >= 11 is 0. The van der Waals surface area contributed by atoms with Crippen LogP contribution in [0.25, 0.3) is 0 Å². The maximum atomic E-state index is 5.68. The summed E-state index contributed by atoms with van der Waals surface area (Å²) in [6, 6.07) is 7.78. The predicted molar refractivity (Wildman–Crippen MR) is 68.9 cm³/mol. The van der Waals surface area contributed by atoms with Crippen LogP contribution in [0, 0.1) is 0 Å². The third-order valence-corrected chi connectivity index (χ3v) is 2.55. The van der Waals surface area contributed by atoms with Crippen LogP contribution in [-0.2, 0) is 6.42 Å². The number of benzene rings is 1. The highest BCUT2D eigenvalue weighted by atomic mass is 16.5. The van der Waals surface area contributed by atoms with Gasteiger partial charge in [0.05, 0.1) is 7.11 Å². The lowest BCUT2D eigenvalue weighted by atomic mass is 10.2. The molecule has 94 valence electrons. The summed E-state index contributed by atoms with van der Waals surface area (Å²) in [6.45, 7) is 2.10. The number of methoxy groups -OCH3 is 1. The lowest BCUT2D eigenvalue weighted by Gasteiger charge is -2.10. The van der Waals surface area contributed by atoms with Crippen LogP contribution in [0.4, 0.5) is 5.82 Å². The number of hydrogen-bond acceptors (Lipinski definition) is 5. The molecule has 2 N–H and O–H groups in total. The van der Waals surface area contributed by atoms with Gasteiger partial charge in [0.1, 0.15) is 12.1 Å². The molecule has 0 unspecified atom stereocenters. The largest absolute Gasteiger partial charge is 0.489 e. The molecule has 5 nitrogen and oxygen atoms in total. The van der Waals surface area contributed by atoms with Crippen LogP contribution in [0.1, 0.15) is 12.5 Å². The van der Waals surface area contributed by atoms with Crippen molar-refractivity contribution in [1.82, 2.24) is 9.97 Å². The van der Waals surface area contributed by atoms with E-state index in [1.165, 1.54) is 19.0 Å². The molecule has 18 heavy (non-hydrogen) atoms. The van der Waals surface area contributed by atoms with Crippen molar-refractivity contribution >= 4 is 5.82 Å². The zero-order chi connectivity index (χ0) is 13.0. The second-order valence-corrected chi connectivity index (χ2v) is 3.70. The topological polar surface area (TPSA) is 70.3 Å². The van der Waals surface area contributed by atoms with Gasteiger partial charge in [0.25, 0.3) is 5.88 Å². The normalized spacial score (nSPS) is 10.1. The molecular formula is C13H15N3O2. The Morgan fingerprint density at radius 1 is 1.17 bits per heavy atom. The Hall–Kier alpha value is -2.30. The third-order valence-electron chi connectivity index (χ3n) is 2.55. The molecule has 5 heteroatoms. The van der Waals surface area contributed by atoms with E-state index in [4.69, 9.17) is 15.2 Å². The van der Waals surface area contributed by atoms with Crippen molar-refractivity contribution in [3.05, 3.63) is 36.2 Å². The Morgan fingerprint density at radius 2 is 1.89 bits per heavy atom. The molecule has 0 saturated heterocycles. The van der Waals surface area contributed by atoms with Crippen molar-refractivity contribution in [2.45, 2.75) is 13.3 Å². The summed E-state index contributed by atoms with van der Waals surface area (Å²) in [7, 11) is 1.50. The zero-order valence-electron chi connectivity index (χ0n) is 10.4. The third kappa shape index (κ3) is 2.51. The molecule has 0 amide bonds. The van der Waals surface area contributed by atoms with Gasteiger partial charge in [-0.15, -0.1) is 0 Å². The second-order valence-electron chi connectivity index (χ2n) is 3.70. The Balaban J connectivity index is 2.25. The van der Waals surface area contributed by atoms with E-state index in [1.807, 2.05) is 24.3 Å². The van der Waals surface area contributed by atoms with E-state index in [9.17, 15) is 0 Å². The van der Waals surface area contributed by atoms with Crippen molar-refractivity contribution < 1.29 is 9.47 Å². The molecule has 0 spiro atoms. The van der Waals surface area contributed by atoms with Gasteiger partial charge in [-0.3, -0.25) is 0 Å². The molecule has 1 aromatic heterocycles. The number of nitrogens with zero attached hydrogens (tertiary/aromatic N) is 2. The smallest absolute Gasteiger partial charge is 0.268 e. The van der Waals surface area contributed by atoms with Gasteiger partial charge in [0.2, 0.25) is 5.75 Å². The predicted octanol–water partition coefficient (Wildman–Crippen LogP) is 2.42. The molecule has 2 rings (SSSR count). The van der Waals surface area contributed by atoms with Crippen LogP contribution in [0.15, 0.2) is 30.6 Å². The summed E-state index contributed by atoms with van der Waals surface area (Å²) < 4.78 is 10.7. The molecule has 0 fully saturated rings. The standard InChI is InChI=1S/C13H15N3O2/c1-3-9-4-6-10(7-5-9)18-13-11(17-2)12(14)15-8-16-13/h4-8H,3H2,1-2H3,(H2,14,15,16). The molecule has 1 heterocycles. The zero-order valence-corrected chi connectivity index (χ0v) is 10.4. The quantitative estimate of drug-likeness (QED) is 0.895. The first-order valence-corrected chi connectivity index (χ1v) is 5.65. The summed E-state index contributed by atoms with van der Waals surface area (Å²) in [5.41, 5.74) is 6.92. The minimum Gasteiger partial charge on any atom is -0.489 e. The molecule has 0 bridgehead atoms. The molecule has 0 aliphatic heterocycles. The minimum atomic E-state index is 0.257. The minimum absolute atomic E-state index is 0.257. The van der Waals surface area contributed by atoms with Crippen LogP contribution < -0.4 is 15.2 Å². The Bertz CT molecular complexity index is 526. The van der Waals surface area contributed by atoms with Crippen molar-refractivity contribution in [3.63, 3.8) is 0 Å². The number of ether oxygens (including phenoxy) is 2. The van der Waals surface area contributed by atoms with Crippen LogP contribution in [0.2, 0.25) is 0 Å². The molecule has 2 aromatic rings. The van der Waals surface area contributed by atoms with E-state index < -0.39 is 0 Å². The fourth-order valence-electron chi connectivity index (χ4n) is 1.54. The number of nitrogens with two attached hydrogens (primary N) is 1. The Kier molecular flexibility index (Phi) is 3.62. The molecule has 1 aromatic carbocycles. The number of hydrogen-bond donors (Lipinski definition) is 1. The van der Waals surface area contributed by atoms with Crippen molar-refractivity contribution in [2.24, 2.45) is 0 Å². The van der Waals surface area contributed by atoms with E-state index in [-0.39, 0.29) is 5.82 Å². The van der Waals surface area contributed by atoms with Crippen LogP contribution in [0.3, 0.4) is 0 Å². The average Bonchev–Trinajstić information content (AvgIpc) is 2.40. The lowest BCUT2D eigenvalue weighted by molar-refractivity contribution is 0.369. The maximum absolute atomic E-state index is 5.68. The fraction of sp³-hybridized carbons (Fsp3) is 0.231. The van der Waals surface area contributed by atoms with Gasteiger partial charge in [0, 0.05) is 0 Å². The van der Waals surface area contributed by atoms with Gasteiger partial charge in [-0.2, -0.15) is 4.98 Å². The number of anilines is 1. The van der Waals surface area contributed by atoms with Crippen molar-refractivity contribution in [1.29, 1.82) is 0 Å². The molecule has 0 aliphatic rings. The van der Waals surface area contributed by atoms with Gasteiger partial charge in [-0.1, -0.05) is 19.1 Å². The Labute approximate surface area is 106 Å². The molecular weight excluding hydrogens is 230 g/mol. The Morgan fingerprint density at radius 3 is 2.50 bits per heavy atom. The van der Waals surface area contributed by atoms with Crippen LogP contribution >= 0.6 is 0 Å². The average molecular weight is 245 g/mol. The van der Waals surface area contributed by atoms with E-state index in [2.05, 4.69) is 16.9 Å². The number of nitrogen functional groups attached to an aromatic ring is 1. The monoisotopic (exact) mass is 245 g/mol. The highest BCUT2D eigenvalue weighted by Gasteiger charge is 2.11. The van der Waals surface area contributed by atoms with Crippen molar-refractivity contribution in [3.8, 4) is 17.4 Å². The van der Waals surface area contributed by atoms with Crippen LogP contribution in [-0.4, -0.2) is 17.1 Å². The first kappa shape index (κ1) is 12.2.